The Morgan fingerprint density at radius 3 is 2.58 bits per heavy atom. The fraction of sp³-hybridized carbons (Fsp3) is 0.529. The monoisotopic (exact) mass is 259 g/mol. The molecule has 2 rings (SSSR count). The first-order chi connectivity index (χ1) is 9.06. The van der Waals surface area contributed by atoms with Crippen molar-refractivity contribution in [2.75, 3.05) is 19.8 Å². The molecule has 1 atom stereocenters. The highest BCUT2D eigenvalue weighted by atomic mass is 16.5. The Bertz CT molecular complexity index is 447. The number of ether oxygens (including phenoxy) is 1. The van der Waals surface area contributed by atoms with Gasteiger partial charge < -0.3 is 10.1 Å². The summed E-state index contributed by atoms with van der Waals surface area (Å²) in [6, 6.07) is 4.98. The van der Waals surface area contributed by atoms with E-state index in [0.29, 0.717) is 6.04 Å². The van der Waals surface area contributed by atoms with Crippen LogP contribution in [-0.4, -0.2) is 25.8 Å². The summed E-state index contributed by atoms with van der Waals surface area (Å²) in [7, 11) is 0. The van der Waals surface area contributed by atoms with Crippen molar-refractivity contribution in [3.05, 3.63) is 40.0 Å². The average Bonchev–Trinajstić information content (AvgIpc) is 2.35. The van der Waals surface area contributed by atoms with Crippen molar-refractivity contribution in [2.45, 2.75) is 40.2 Å². The third kappa shape index (κ3) is 3.92. The predicted molar refractivity (Wildman–Crippen MR) is 81.5 cm³/mol. The Morgan fingerprint density at radius 2 is 2.00 bits per heavy atom. The molecule has 0 aromatic heterocycles. The summed E-state index contributed by atoms with van der Waals surface area (Å²) in [6.07, 6.45) is 3.40. The first-order valence-electron chi connectivity index (χ1n) is 7.12. The molecule has 1 heterocycles. The van der Waals surface area contributed by atoms with E-state index in [0.717, 1.165) is 26.2 Å². The van der Waals surface area contributed by atoms with Gasteiger partial charge in [0, 0.05) is 12.6 Å². The molecule has 1 saturated heterocycles. The summed E-state index contributed by atoms with van der Waals surface area (Å²) in [4.78, 5) is 0. The highest BCUT2D eigenvalue weighted by Crippen LogP contribution is 2.21. The molecule has 1 aromatic rings. The molecule has 0 saturated carbocycles. The Balaban J connectivity index is 2.11. The standard InChI is InChI=1S/C17H25NO/c1-12-7-14(3)17(15(4)8-12)10-13(2)9-16-11-19-6-5-18-16/h7-8,10,16,18H,5-6,9,11H2,1-4H3. The van der Waals surface area contributed by atoms with Crippen LogP contribution in [0.4, 0.5) is 0 Å². The first-order valence-corrected chi connectivity index (χ1v) is 7.12. The van der Waals surface area contributed by atoms with Crippen molar-refractivity contribution in [1.82, 2.24) is 5.32 Å². The van der Waals surface area contributed by atoms with E-state index < -0.39 is 0 Å². The van der Waals surface area contributed by atoms with Gasteiger partial charge in [-0.2, -0.15) is 0 Å². The van der Waals surface area contributed by atoms with Gasteiger partial charge in [0.2, 0.25) is 0 Å². The summed E-state index contributed by atoms with van der Waals surface area (Å²) < 4.78 is 5.51. The number of benzene rings is 1. The van der Waals surface area contributed by atoms with Gasteiger partial charge in [-0.05, 0) is 50.8 Å². The highest BCUT2D eigenvalue weighted by molar-refractivity contribution is 5.60. The minimum Gasteiger partial charge on any atom is -0.379 e. The Hall–Kier alpha value is -1.12. The van der Waals surface area contributed by atoms with Crippen LogP contribution < -0.4 is 5.32 Å². The lowest BCUT2D eigenvalue weighted by molar-refractivity contribution is 0.0771. The zero-order chi connectivity index (χ0) is 13.8. The van der Waals surface area contributed by atoms with Crippen LogP contribution >= 0.6 is 0 Å². The molecule has 104 valence electrons. The quantitative estimate of drug-likeness (QED) is 0.898. The van der Waals surface area contributed by atoms with E-state index in [1.165, 1.54) is 27.8 Å². The van der Waals surface area contributed by atoms with Gasteiger partial charge in [0.1, 0.15) is 0 Å². The molecule has 0 amide bonds. The van der Waals surface area contributed by atoms with Crippen LogP contribution in [-0.2, 0) is 4.74 Å². The summed E-state index contributed by atoms with van der Waals surface area (Å²) in [5.41, 5.74) is 6.86. The fourth-order valence-corrected chi connectivity index (χ4v) is 2.86. The minimum atomic E-state index is 0.469. The van der Waals surface area contributed by atoms with Crippen LogP contribution in [0.2, 0.25) is 0 Å². The molecule has 1 aliphatic rings. The maximum absolute atomic E-state index is 5.51. The Kier molecular flexibility index (Phi) is 4.78. The van der Waals surface area contributed by atoms with Gasteiger partial charge in [-0.15, -0.1) is 0 Å². The topological polar surface area (TPSA) is 21.3 Å². The van der Waals surface area contributed by atoms with Gasteiger partial charge in [0.15, 0.2) is 0 Å². The predicted octanol–water partition coefficient (Wildman–Crippen LogP) is 3.39. The third-order valence-electron chi connectivity index (χ3n) is 3.70. The van der Waals surface area contributed by atoms with E-state index in [4.69, 9.17) is 4.74 Å². The second-order valence-corrected chi connectivity index (χ2v) is 5.73. The lowest BCUT2D eigenvalue weighted by Gasteiger charge is -2.24. The number of rotatable bonds is 3. The number of hydrogen-bond acceptors (Lipinski definition) is 2. The van der Waals surface area contributed by atoms with Crippen molar-refractivity contribution in [3.63, 3.8) is 0 Å². The molecule has 1 fully saturated rings. The molecule has 0 spiro atoms. The van der Waals surface area contributed by atoms with Crippen molar-refractivity contribution in [2.24, 2.45) is 0 Å². The highest BCUT2D eigenvalue weighted by Gasteiger charge is 2.13. The van der Waals surface area contributed by atoms with Gasteiger partial charge in [-0.1, -0.05) is 29.3 Å². The van der Waals surface area contributed by atoms with Gasteiger partial charge in [0.25, 0.3) is 0 Å². The molecule has 1 aromatic carbocycles. The number of morpholine rings is 1. The zero-order valence-corrected chi connectivity index (χ0v) is 12.5. The number of hydrogen-bond donors (Lipinski definition) is 1. The number of nitrogens with one attached hydrogen (secondary N) is 1. The molecule has 1 N–H and O–H groups in total. The van der Waals surface area contributed by atoms with Crippen molar-refractivity contribution in [3.8, 4) is 0 Å². The molecular formula is C17H25NO. The molecule has 0 aliphatic carbocycles. The van der Waals surface area contributed by atoms with E-state index in [-0.39, 0.29) is 0 Å². The minimum absolute atomic E-state index is 0.469. The molecule has 2 heteroatoms. The third-order valence-corrected chi connectivity index (χ3v) is 3.70. The van der Waals surface area contributed by atoms with E-state index in [9.17, 15) is 0 Å². The summed E-state index contributed by atoms with van der Waals surface area (Å²) in [5.74, 6) is 0. The lowest BCUT2D eigenvalue weighted by atomic mass is 9.96. The van der Waals surface area contributed by atoms with Crippen LogP contribution in [0.15, 0.2) is 17.7 Å². The Labute approximate surface area is 116 Å². The van der Waals surface area contributed by atoms with Crippen molar-refractivity contribution < 1.29 is 4.74 Å². The fourth-order valence-electron chi connectivity index (χ4n) is 2.86. The van der Waals surface area contributed by atoms with E-state index >= 15 is 0 Å². The second kappa shape index (κ2) is 6.36. The maximum atomic E-state index is 5.51. The molecular weight excluding hydrogens is 234 g/mol. The first kappa shape index (κ1) is 14.3. The average molecular weight is 259 g/mol. The van der Waals surface area contributed by atoms with Crippen molar-refractivity contribution >= 4 is 6.08 Å². The second-order valence-electron chi connectivity index (χ2n) is 5.73. The molecule has 0 bridgehead atoms. The van der Waals surface area contributed by atoms with Crippen LogP contribution in [0.1, 0.15) is 35.6 Å². The van der Waals surface area contributed by atoms with Gasteiger partial charge in [-0.25, -0.2) is 0 Å². The molecule has 1 aliphatic heterocycles. The molecule has 1 unspecified atom stereocenters. The number of aryl methyl sites for hydroxylation is 3. The summed E-state index contributed by atoms with van der Waals surface area (Å²) in [6.45, 7) is 11.4. The van der Waals surface area contributed by atoms with Gasteiger partial charge in [0.05, 0.1) is 13.2 Å². The lowest BCUT2D eigenvalue weighted by Crippen LogP contribution is -2.41. The maximum Gasteiger partial charge on any atom is 0.0623 e. The molecule has 19 heavy (non-hydrogen) atoms. The van der Waals surface area contributed by atoms with Crippen LogP contribution in [0.25, 0.3) is 6.08 Å². The molecule has 0 radical (unpaired) electrons. The summed E-state index contributed by atoms with van der Waals surface area (Å²) in [5, 5.41) is 3.51. The molecule has 2 nitrogen and oxygen atoms in total. The van der Waals surface area contributed by atoms with Gasteiger partial charge >= 0.3 is 0 Å². The van der Waals surface area contributed by atoms with E-state index in [1.54, 1.807) is 0 Å². The SMILES string of the molecule is CC(=Cc1c(C)cc(C)cc1C)CC1COCCN1. The zero-order valence-electron chi connectivity index (χ0n) is 12.5. The van der Waals surface area contributed by atoms with Crippen LogP contribution in [0.5, 0.6) is 0 Å². The normalized spacial score (nSPS) is 20.6. The largest absolute Gasteiger partial charge is 0.379 e. The van der Waals surface area contributed by atoms with E-state index in [1.807, 2.05) is 0 Å². The Morgan fingerprint density at radius 1 is 1.32 bits per heavy atom. The van der Waals surface area contributed by atoms with Crippen LogP contribution in [0, 0.1) is 20.8 Å². The van der Waals surface area contributed by atoms with Crippen molar-refractivity contribution in [1.29, 1.82) is 0 Å². The van der Waals surface area contributed by atoms with Gasteiger partial charge in [-0.3, -0.25) is 0 Å². The van der Waals surface area contributed by atoms with Crippen LogP contribution in [0.3, 0.4) is 0 Å². The smallest absolute Gasteiger partial charge is 0.0623 e. The van der Waals surface area contributed by atoms with E-state index in [2.05, 4.69) is 51.2 Å². The summed E-state index contributed by atoms with van der Waals surface area (Å²) >= 11 is 0.